The summed E-state index contributed by atoms with van der Waals surface area (Å²) < 4.78 is 8.23. The van der Waals surface area contributed by atoms with Crippen LogP contribution in [0, 0.1) is 5.92 Å². The van der Waals surface area contributed by atoms with Crippen molar-refractivity contribution in [2.24, 2.45) is 13.0 Å². The molecule has 0 unspecified atom stereocenters. The highest BCUT2D eigenvalue weighted by Gasteiger charge is 2.39. The van der Waals surface area contributed by atoms with E-state index in [2.05, 4.69) is 10.2 Å². The summed E-state index contributed by atoms with van der Waals surface area (Å²) in [6, 6.07) is 11.2. The van der Waals surface area contributed by atoms with Gasteiger partial charge in [0.2, 0.25) is 5.91 Å². The standard InChI is InChI=1S/C35H42Cl2N4O5/c1-39-20-28(27-7-3-4-8-32(27)39)34(43)38-31-18-29(36)23(15-30(31)37)16-33(42)41-19-24(40-13-5-2-6-14-40)17-25(41)21-46-26-11-9-22(10-12-26)35(44)45/h3-4,7-8,15,18,20,22,24-26H,2,5-6,9-14,16-17,19,21H2,1H3,(H,38,43)(H,44,45)/t22-,24-,25-,26-/m0/s1. The number of piperidine rings is 1. The molecule has 3 aromatic rings. The molecule has 0 radical (unpaired) electrons. The second-order valence-electron chi connectivity index (χ2n) is 13.1. The number of hydrogen-bond acceptors (Lipinski definition) is 5. The van der Waals surface area contributed by atoms with Crippen molar-refractivity contribution in [3.63, 3.8) is 0 Å². The number of nitrogens with one attached hydrogen (secondary N) is 1. The number of carbonyl (C=O) groups is 3. The van der Waals surface area contributed by atoms with Crippen LogP contribution in [0.4, 0.5) is 5.69 Å². The number of rotatable bonds is 9. The Bertz CT molecular complexity index is 1600. The zero-order valence-corrected chi connectivity index (χ0v) is 27.7. The summed E-state index contributed by atoms with van der Waals surface area (Å²) in [5.74, 6) is -1.34. The summed E-state index contributed by atoms with van der Waals surface area (Å²) in [7, 11) is 1.90. The molecule has 2 saturated heterocycles. The van der Waals surface area contributed by atoms with E-state index >= 15 is 0 Å². The number of halogens is 2. The fourth-order valence-corrected chi connectivity index (χ4v) is 7.89. The third-order valence-electron chi connectivity index (χ3n) is 10.0. The first-order valence-corrected chi connectivity index (χ1v) is 17.1. The first-order chi connectivity index (χ1) is 22.2. The van der Waals surface area contributed by atoms with Gasteiger partial charge in [0, 0.05) is 41.8 Å². The third kappa shape index (κ3) is 7.23. The molecule has 6 rings (SSSR count). The topological polar surface area (TPSA) is 104 Å². The van der Waals surface area contributed by atoms with Crippen LogP contribution in [-0.4, -0.2) is 81.7 Å². The number of carboxylic acid groups (broad SMARTS) is 1. The van der Waals surface area contributed by atoms with E-state index in [0.717, 1.165) is 43.3 Å². The van der Waals surface area contributed by atoms with Crippen molar-refractivity contribution in [3.8, 4) is 0 Å². The van der Waals surface area contributed by atoms with Crippen LogP contribution in [0.2, 0.25) is 10.0 Å². The molecule has 2 atom stereocenters. The number of ether oxygens (including phenoxy) is 1. The van der Waals surface area contributed by atoms with Gasteiger partial charge in [0.1, 0.15) is 0 Å². The Balaban J connectivity index is 1.13. The molecule has 2 N–H and O–H groups in total. The van der Waals surface area contributed by atoms with Crippen molar-refractivity contribution in [3.05, 3.63) is 63.8 Å². The summed E-state index contributed by atoms with van der Waals surface area (Å²) in [4.78, 5) is 42.9. The van der Waals surface area contributed by atoms with Crippen molar-refractivity contribution in [2.45, 2.75) is 76.0 Å². The van der Waals surface area contributed by atoms with Crippen LogP contribution in [0.25, 0.3) is 10.9 Å². The number of aliphatic carboxylic acids is 1. The molecular weight excluding hydrogens is 627 g/mol. The van der Waals surface area contributed by atoms with Crippen LogP contribution >= 0.6 is 23.2 Å². The maximum absolute atomic E-state index is 13.9. The third-order valence-corrected chi connectivity index (χ3v) is 10.7. The molecule has 246 valence electrons. The van der Waals surface area contributed by atoms with Gasteiger partial charge in [0.15, 0.2) is 0 Å². The maximum Gasteiger partial charge on any atom is 0.306 e. The second kappa shape index (κ2) is 14.3. The summed E-state index contributed by atoms with van der Waals surface area (Å²) in [6.45, 7) is 3.18. The van der Waals surface area contributed by atoms with E-state index in [1.165, 1.54) is 19.3 Å². The zero-order chi connectivity index (χ0) is 32.4. The second-order valence-corrected chi connectivity index (χ2v) is 13.9. The van der Waals surface area contributed by atoms with Crippen LogP contribution in [0.1, 0.15) is 67.3 Å². The quantitative estimate of drug-likeness (QED) is 0.274. The number of benzene rings is 2. The number of aryl methyl sites for hydroxylation is 1. The molecule has 2 aromatic carbocycles. The van der Waals surface area contributed by atoms with Gasteiger partial charge in [-0.3, -0.25) is 19.3 Å². The number of aromatic nitrogens is 1. The van der Waals surface area contributed by atoms with Gasteiger partial charge < -0.3 is 24.6 Å². The minimum atomic E-state index is -0.727. The van der Waals surface area contributed by atoms with Crippen molar-refractivity contribution >= 4 is 57.6 Å². The normalized spacial score (nSPS) is 23.9. The number of para-hydroxylation sites is 1. The van der Waals surface area contributed by atoms with Gasteiger partial charge in [-0.2, -0.15) is 0 Å². The average molecular weight is 670 g/mol. The Kier molecular flexibility index (Phi) is 10.2. The van der Waals surface area contributed by atoms with Crippen LogP contribution in [0.3, 0.4) is 0 Å². The van der Waals surface area contributed by atoms with E-state index in [0.29, 0.717) is 52.9 Å². The minimum Gasteiger partial charge on any atom is -0.481 e. The minimum absolute atomic E-state index is 0.0199. The van der Waals surface area contributed by atoms with Crippen molar-refractivity contribution in [1.29, 1.82) is 0 Å². The van der Waals surface area contributed by atoms with Gasteiger partial charge in [0.25, 0.3) is 5.91 Å². The Morgan fingerprint density at radius 1 is 1.00 bits per heavy atom. The SMILES string of the molecule is Cn1cc(C(=O)Nc2cc(Cl)c(CC(=O)N3C[C@@H](N4CCCCC4)C[C@H]3CO[C@H]3CC[C@H](C(=O)O)CC3)cc2Cl)c2ccccc21. The molecule has 3 fully saturated rings. The molecule has 0 bridgehead atoms. The molecule has 1 aliphatic carbocycles. The summed E-state index contributed by atoms with van der Waals surface area (Å²) in [6.07, 6.45) is 9.05. The van der Waals surface area contributed by atoms with Gasteiger partial charge in [-0.05, 0) is 81.8 Å². The maximum atomic E-state index is 13.9. The van der Waals surface area contributed by atoms with Gasteiger partial charge in [0.05, 0.1) is 47.4 Å². The number of fused-ring (bicyclic) bond motifs is 1. The van der Waals surface area contributed by atoms with Crippen molar-refractivity contribution < 1.29 is 24.2 Å². The fourth-order valence-electron chi connectivity index (χ4n) is 7.42. The molecule has 3 aliphatic rings. The molecule has 1 saturated carbocycles. The van der Waals surface area contributed by atoms with E-state index in [9.17, 15) is 19.5 Å². The lowest BCUT2D eigenvalue weighted by Crippen LogP contribution is -2.43. The molecular formula is C35H42Cl2N4O5. The van der Waals surface area contributed by atoms with E-state index in [1.807, 2.05) is 40.8 Å². The van der Waals surface area contributed by atoms with Crippen LogP contribution in [-0.2, 0) is 27.8 Å². The number of amides is 2. The Hall–Kier alpha value is -3.11. The lowest BCUT2D eigenvalue weighted by molar-refractivity contribution is -0.144. The van der Waals surface area contributed by atoms with Gasteiger partial charge in [-0.25, -0.2) is 0 Å². The highest BCUT2D eigenvalue weighted by molar-refractivity contribution is 6.36. The number of carbonyl (C=O) groups excluding carboxylic acids is 2. The summed E-state index contributed by atoms with van der Waals surface area (Å²) >= 11 is 13.4. The Labute approximate surface area is 279 Å². The average Bonchev–Trinajstić information content (AvgIpc) is 3.64. The molecule has 2 aliphatic heterocycles. The molecule has 11 heteroatoms. The molecule has 1 aromatic heterocycles. The molecule has 3 heterocycles. The predicted octanol–water partition coefficient (Wildman–Crippen LogP) is 6.40. The number of carboxylic acids is 1. The lowest BCUT2D eigenvalue weighted by Gasteiger charge is -2.32. The largest absolute Gasteiger partial charge is 0.481 e. The Morgan fingerprint density at radius 2 is 1.74 bits per heavy atom. The lowest BCUT2D eigenvalue weighted by atomic mass is 9.87. The van der Waals surface area contributed by atoms with Crippen molar-refractivity contribution in [1.82, 2.24) is 14.4 Å². The first-order valence-electron chi connectivity index (χ1n) is 16.4. The van der Waals surface area contributed by atoms with Crippen molar-refractivity contribution in [2.75, 3.05) is 31.6 Å². The number of hydrogen-bond donors (Lipinski definition) is 2. The molecule has 2 amide bonds. The molecule has 9 nitrogen and oxygen atoms in total. The van der Waals surface area contributed by atoms with Gasteiger partial charge in [-0.1, -0.05) is 47.8 Å². The van der Waals surface area contributed by atoms with Crippen LogP contribution in [0.5, 0.6) is 0 Å². The van der Waals surface area contributed by atoms with E-state index in [4.69, 9.17) is 27.9 Å². The van der Waals surface area contributed by atoms with Gasteiger partial charge in [-0.15, -0.1) is 0 Å². The zero-order valence-electron chi connectivity index (χ0n) is 26.2. The smallest absolute Gasteiger partial charge is 0.306 e. The van der Waals surface area contributed by atoms with Crippen LogP contribution < -0.4 is 5.32 Å². The highest BCUT2D eigenvalue weighted by Crippen LogP contribution is 2.33. The number of likely N-dealkylation sites (tertiary alicyclic amines) is 2. The summed E-state index contributed by atoms with van der Waals surface area (Å²) in [5, 5.41) is 13.8. The van der Waals surface area contributed by atoms with Gasteiger partial charge >= 0.3 is 5.97 Å². The Morgan fingerprint density at radius 3 is 2.48 bits per heavy atom. The molecule has 46 heavy (non-hydrogen) atoms. The van der Waals surface area contributed by atoms with Crippen LogP contribution in [0.15, 0.2) is 42.6 Å². The number of anilines is 1. The molecule has 0 spiro atoms. The first kappa shape index (κ1) is 32.8. The summed E-state index contributed by atoms with van der Waals surface area (Å²) in [5.41, 5.74) is 2.47. The monoisotopic (exact) mass is 668 g/mol. The fraction of sp³-hybridized carbons (Fsp3) is 0.514. The van der Waals surface area contributed by atoms with E-state index in [1.54, 1.807) is 18.3 Å². The predicted molar refractivity (Wildman–Crippen MR) is 180 cm³/mol. The van der Waals surface area contributed by atoms with E-state index in [-0.39, 0.29) is 42.3 Å². The van der Waals surface area contributed by atoms with E-state index < -0.39 is 5.97 Å². The highest BCUT2D eigenvalue weighted by atomic mass is 35.5. The number of nitrogens with zero attached hydrogens (tertiary/aromatic N) is 3.